The number of aromatic nitrogens is 3. The van der Waals surface area contributed by atoms with Crippen molar-refractivity contribution in [2.75, 3.05) is 0 Å². The zero-order chi connectivity index (χ0) is 23.4. The second kappa shape index (κ2) is 9.74. The van der Waals surface area contributed by atoms with Crippen LogP contribution in [-0.2, 0) is 38.7 Å². The van der Waals surface area contributed by atoms with Gasteiger partial charge in [-0.3, -0.25) is 14.5 Å². The number of carbonyl (C=O) groups is 1. The highest BCUT2D eigenvalue weighted by Gasteiger charge is 2.31. The lowest BCUT2D eigenvalue weighted by molar-refractivity contribution is -0.137. The number of fused-ring (bicyclic) bond motifs is 1. The molecule has 0 saturated heterocycles. The number of halogens is 3. The average Bonchev–Trinajstić information content (AvgIpc) is 3.19. The summed E-state index contributed by atoms with van der Waals surface area (Å²) in [6.45, 7) is 3.37. The van der Waals surface area contributed by atoms with Crippen LogP contribution in [-0.4, -0.2) is 26.7 Å². The predicted molar refractivity (Wildman–Crippen MR) is 117 cm³/mol. The van der Waals surface area contributed by atoms with E-state index in [1.54, 1.807) is 18.5 Å². The summed E-state index contributed by atoms with van der Waals surface area (Å²) >= 11 is 0. The van der Waals surface area contributed by atoms with Gasteiger partial charge < -0.3 is 10.6 Å². The first-order valence-electron chi connectivity index (χ1n) is 11.0. The van der Waals surface area contributed by atoms with Gasteiger partial charge in [0.2, 0.25) is 0 Å². The van der Waals surface area contributed by atoms with Crippen LogP contribution in [0.2, 0.25) is 0 Å². The number of nitrogens with one attached hydrogen (secondary N) is 2. The first-order chi connectivity index (χ1) is 15.8. The lowest BCUT2D eigenvalue weighted by atomic mass is 9.91. The standard InChI is InChI=1S/C24H26F3N5O/c1-2-32-21-7-6-19(29-15-17-4-3-5-18(12-17)24(25,26)27)13-20(21)22(31-32)23(33)30-14-16-8-10-28-11-9-16/h3-5,8-12,19,29H,2,6-7,13-15H2,1H3,(H,30,33)/t19-/m1/s1. The molecule has 1 aromatic carbocycles. The molecule has 2 heterocycles. The fraction of sp³-hybridized carbons (Fsp3) is 0.375. The maximum atomic E-state index is 13.0. The molecular weight excluding hydrogens is 431 g/mol. The summed E-state index contributed by atoms with van der Waals surface area (Å²) in [4.78, 5) is 16.9. The van der Waals surface area contributed by atoms with E-state index in [4.69, 9.17) is 0 Å². The SMILES string of the molecule is CCn1nc(C(=O)NCc2ccncc2)c2c1CC[C@@H](NCc1cccc(C(F)(F)F)c1)C2. The molecule has 0 saturated carbocycles. The van der Waals surface area contributed by atoms with Crippen molar-refractivity contribution in [2.24, 2.45) is 0 Å². The number of carbonyl (C=O) groups excluding carboxylic acids is 1. The van der Waals surface area contributed by atoms with Gasteiger partial charge in [-0.25, -0.2) is 0 Å². The maximum absolute atomic E-state index is 13.0. The molecule has 33 heavy (non-hydrogen) atoms. The van der Waals surface area contributed by atoms with Crippen molar-refractivity contribution in [3.05, 3.63) is 82.4 Å². The molecule has 1 atom stereocenters. The maximum Gasteiger partial charge on any atom is 0.416 e. The molecule has 174 valence electrons. The molecule has 0 unspecified atom stereocenters. The Balaban J connectivity index is 1.44. The number of hydrogen-bond donors (Lipinski definition) is 2. The Hall–Kier alpha value is -3.20. The highest BCUT2D eigenvalue weighted by molar-refractivity contribution is 5.94. The molecule has 1 aliphatic rings. The van der Waals surface area contributed by atoms with E-state index < -0.39 is 11.7 Å². The summed E-state index contributed by atoms with van der Waals surface area (Å²) in [5.74, 6) is -0.228. The molecule has 2 N–H and O–H groups in total. The average molecular weight is 458 g/mol. The molecule has 0 fully saturated rings. The number of pyridine rings is 1. The number of alkyl halides is 3. The van der Waals surface area contributed by atoms with E-state index >= 15 is 0 Å². The Kier molecular flexibility index (Phi) is 6.78. The van der Waals surface area contributed by atoms with E-state index in [2.05, 4.69) is 20.7 Å². The fourth-order valence-corrected chi connectivity index (χ4v) is 4.19. The predicted octanol–water partition coefficient (Wildman–Crippen LogP) is 3.89. The number of amides is 1. The van der Waals surface area contributed by atoms with Crippen LogP contribution in [0.4, 0.5) is 13.2 Å². The van der Waals surface area contributed by atoms with Gasteiger partial charge in [0, 0.05) is 49.3 Å². The van der Waals surface area contributed by atoms with Crippen LogP contribution in [0.5, 0.6) is 0 Å². The van der Waals surface area contributed by atoms with Crippen LogP contribution in [0.25, 0.3) is 0 Å². The second-order valence-corrected chi connectivity index (χ2v) is 8.15. The minimum atomic E-state index is -4.36. The molecule has 0 spiro atoms. The van der Waals surface area contributed by atoms with E-state index in [1.165, 1.54) is 12.1 Å². The van der Waals surface area contributed by atoms with Crippen LogP contribution >= 0.6 is 0 Å². The number of hydrogen-bond acceptors (Lipinski definition) is 4. The Morgan fingerprint density at radius 2 is 1.94 bits per heavy atom. The molecule has 0 bridgehead atoms. The largest absolute Gasteiger partial charge is 0.416 e. The van der Waals surface area contributed by atoms with Crippen molar-refractivity contribution >= 4 is 5.91 Å². The van der Waals surface area contributed by atoms with Crippen LogP contribution in [0.15, 0.2) is 48.8 Å². The molecule has 1 amide bonds. The number of benzene rings is 1. The van der Waals surface area contributed by atoms with Gasteiger partial charge in [0.25, 0.3) is 5.91 Å². The van der Waals surface area contributed by atoms with E-state index in [0.29, 0.717) is 37.3 Å². The van der Waals surface area contributed by atoms with Gasteiger partial charge in [-0.1, -0.05) is 18.2 Å². The van der Waals surface area contributed by atoms with Crippen molar-refractivity contribution in [3.8, 4) is 0 Å². The summed E-state index contributed by atoms with van der Waals surface area (Å²) in [6.07, 6.45) is 1.19. The van der Waals surface area contributed by atoms with E-state index in [1.807, 2.05) is 23.7 Å². The highest BCUT2D eigenvalue weighted by atomic mass is 19.4. The van der Waals surface area contributed by atoms with Crippen LogP contribution in [0, 0.1) is 0 Å². The zero-order valence-corrected chi connectivity index (χ0v) is 18.3. The van der Waals surface area contributed by atoms with Gasteiger partial charge in [0.15, 0.2) is 5.69 Å². The molecule has 4 rings (SSSR count). The Bertz CT molecular complexity index is 1110. The van der Waals surface area contributed by atoms with Gasteiger partial charge in [-0.2, -0.15) is 18.3 Å². The Labute approximate surface area is 190 Å². The quantitative estimate of drug-likeness (QED) is 0.565. The molecule has 9 heteroatoms. The Morgan fingerprint density at radius 1 is 1.15 bits per heavy atom. The summed E-state index contributed by atoms with van der Waals surface area (Å²) in [7, 11) is 0. The Morgan fingerprint density at radius 3 is 2.67 bits per heavy atom. The molecule has 0 radical (unpaired) electrons. The third-order valence-corrected chi connectivity index (χ3v) is 5.91. The minimum Gasteiger partial charge on any atom is -0.347 e. The summed E-state index contributed by atoms with van der Waals surface area (Å²) in [5.41, 5.74) is 3.27. The van der Waals surface area contributed by atoms with Gasteiger partial charge in [-0.05, 0) is 55.5 Å². The molecule has 6 nitrogen and oxygen atoms in total. The van der Waals surface area contributed by atoms with Gasteiger partial charge >= 0.3 is 6.18 Å². The third-order valence-electron chi connectivity index (χ3n) is 5.91. The second-order valence-electron chi connectivity index (χ2n) is 8.15. The first kappa shape index (κ1) is 23.0. The number of nitrogens with zero attached hydrogens (tertiary/aromatic N) is 3. The van der Waals surface area contributed by atoms with Crippen molar-refractivity contribution < 1.29 is 18.0 Å². The van der Waals surface area contributed by atoms with Gasteiger partial charge in [0.05, 0.1) is 5.56 Å². The molecule has 0 aliphatic heterocycles. The van der Waals surface area contributed by atoms with E-state index in [-0.39, 0.29) is 11.9 Å². The highest BCUT2D eigenvalue weighted by Crippen LogP contribution is 2.30. The molecule has 1 aliphatic carbocycles. The first-order valence-corrected chi connectivity index (χ1v) is 11.0. The molecular formula is C24H26F3N5O. The van der Waals surface area contributed by atoms with Crippen molar-refractivity contribution in [3.63, 3.8) is 0 Å². The van der Waals surface area contributed by atoms with Crippen LogP contribution < -0.4 is 10.6 Å². The number of rotatable bonds is 7. The third kappa shape index (κ3) is 5.42. The molecule has 3 aromatic rings. The number of aryl methyl sites for hydroxylation is 1. The van der Waals surface area contributed by atoms with Crippen molar-refractivity contribution in [2.45, 2.75) is 58.0 Å². The zero-order valence-electron chi connectivity index (χ0n) is 18.3. The van der Waals surface area contributed by atoms with E-state index in [0.717, 1.165) is 35.7 Å². The minimum absolute atomic E-state index is 0.0493. The van der Waals surface area contributed by atoms with Gasteiger partial charge in [0.1, 0.15) is 0 Å². The summed E-state index contributed by atoms with van der Waals surface area (Å²) in [6, 6.07) is 9.09. The van der Waals surface area contributed by atoms with Crippen LogP contribution in [0.1, 0.15) is 51.8 Å². The van der Waals surface area contributed by atoms with E-state index in [9.17, 15) is 18.0 Å². The van der Waals surface area contributed by atoms with Crippen molar-refractivity contribution in [1.82, 2.24) is 25.4 Å². The summed E-state index contributed by atoms with van der Waals surface area (Å²) < 4.78 is 40.8. The molecule has 2 aromatic heterocycles. The normalized spacial score (nSPS) is 15.8. The topological polar surface area (TPSA) is 71.8 Å². The lowest BCUT2D eigenvalue weighted by Crippen LogP contribution is -2.35. The smallest absolute Gasteiger partial charge is 0.347 e. The monoisotopic (exact) mass is 457 g/mol. The van der Waals surface area contributed by atoms with Gasteiger partial charge in [-0.15, -0.1) is 0 Å². The van der Waals surface area contributed by atoms with Crippen LogP contribution in [0.3, 0.4) is 0 Å². The fourth-order valence-electron chi connectivity index (χ4n) is 4.19. The summed E-state index contributed by atoms with van der Waals surface area (Å²) in [5, 5.41) is 10.8. The lowest BCUT2D eigenvalue weighted by Gasteiger charge is -2.24. The van der Waals surface area contributed by atoms with Crippen molar-refractivity contribution in [1.29, 1.82) is 0 Å².